The van der Waals surface area contributed by atoms with E-state index >= 15 is 0 Å². The van der Waals surface area contributed by atoms with Gasteiger partial charge in [0.2, 0.25) is 0 Å². The molecule has 1 unspecified atom stereocenters. The highest BCUT2D eigenvalue weighted by Gasteiger charge is 2.55. The Bertz CT molecular complexity index is 396. The van der Waals surface area contributed by atoms with E-state index < -0.39 is 5.97 Å². The standard InChI is InChI=1S/C9H10N2O2/c1-3-4-2-5-7(6(3)4)10-11-8(5)9(12)13/h3-4,6H,2H2,1H3,(H,10,11)(H,12,13)/t3?,4-,6+/m0/s1. The lowest BCUT2D eigenvalue weighted by Gasteiger charge is -1.96. The van der Waals surface area contributed by atoms with Crippen LogP contribution in [-0.2, 0) is 6.42 Å². The summed E-state index contributed by atoms with van der Waals surface area (Å²) in [5.41, 5.74) is 2.25. The van der Waals surface area contributed by atoms with E-state index in [0.717, 1.165) is 23.6 Å². The van der Waals surface area contributed by atoms with Crippen LogP contribution in [0.25, 0.3) is 0 Å². The average Bonchev–Trinajstić information content (AvgIpc) is 2.49. The summed E-state index contributed by atoms with van der Waals surface area (Å²) in [5, 5.41) is 15.5. The summed E-state index contributed by atoms with van der Waals surface area (Å²) in [6.07, 6.45) is 0.902. The molecule has 4 heteroatoms. The number of rotatable bonds is 1. The summed E-state index contributed by atoms with van der Waals surface area (Å²) in [6, 6.07) is 0. The molecule has 2 aliphatic carbocycles. The van der Waals surface area contributed by atoms with Crippen molar-refractivity contribution in [3.05, 3.63) is 17.0 Å². The molecule has 1 aromatic heterocycles. The molecule has 0 amide bonds. The number of carboxylic acid groups (broad SMARTS) is 1. The SMILES string of the molecule is CC1[C@H]2c3[nH]nc(C(=O)O)c3C[C@@H]12. The number of carbonyl (C=O) groups is 1. The van der Waals surface area contributed by atoms with Crippen molar-refractivity contribution in [1.29, 1.82) is 0 Å². The minimum absolute atomic E-state index is 0.231. The van der Waals surface area contributed by atoms with Gasteiger partial charge >= 0.3 is 5.97 Å². The molecule has 3 atom stereocenters. The van der Waals surface area contributed by atoms with Crippen LogP contribution in [0, 0.1) is 11.8 Å². The van der Waals surface area contributed by atoms with Crippen molar-refractivity contribution in [2.75, 3.05) is 0 Å². The highest BCUT2D eigenvalue weighted by atomic mass is 16.4. The summed E-state index contributed by atoms with van der Waals surface area (Å²) >= 11 is 0. The van der Waals surface area contributed by atoms with Gasteiger partial charge < -0.3 is 5.11 Å². The zero-order valence-corrected chi connectivity index (χ0v) is 7.24. The average molecular weight is 178 g/mol. The molecule has 0 aromatic carbocycles. The molecule has 2 aliphatic rings. The molecule has 0 aliphatic heterocycles. The van der Waals surface area contributed by atoms with Crippen molar-refractivity contribution in [1.82, 2.24) is 10.2 Å². The Morgan fingerprint density at radius 2 is 2.46 bits per heavy atom. The summed E-state index contributed by atoms with van der Waals surface area (Å²) < 4.78 is 0. The number of fused-ring (bicyclic) bond motifs is 3. The molecule has 0 spiro atoms. The van der Waals surface area contributed by atoms with Gasteiger partial charge in [0.15, 0.2) is 5.69 Å². The van der Waals surface area contributed by atoms with Crippen LogP contribution in [0.1, 0.15) is 34.6 Å². The Kier molecular flexibility index (Phi) is 1.07. The predicted molar refractivity (Wildman–Crippen MR) is 44.6 cm³/mol. The third kappa shape index (κ3) is 0.709. The van der Waals surface area contributed by atoms with Crippen LogP contribution in [0.3, 0.4) is 0 Å². The van der Waals surface area contributed by atoms with Gasteiger partial charge in [0, 0.05) is 17.2 Å². The molecule has 4 nitrogen and oxygen atoms in total. The maximum Gasteiger partial charge on any atom is 0.356 e. The molecule has 13 heavy (non-hydrogen) atoms. The highest BCUT2D eigenvalue weighted by Crippen LogP contribution is 2.60. The molecule has 3 rings (SSSR count). The molecular weight excluding hydrogens is 168 g/mol. The second kappa shape index (κ2) is 1.95. The van der Waals surface area contributed by atoms with Crippen molar-refractivity contribution in [3.8, 4) is 0 Å². The highest BCUT2D eigenvalue weighted by molar-refractivity contribution is 5.87. The van der Waals surface area contributed by atoms with Gasteiger partial charge in [0.1, 0.15) is 0 Å². The van der Waals surface area contributed by atoms with Crippen LogP contribution in [0.2, 0.25) is 0 Å². The van der Waals surface area contributed by atoms with Crippen LogP contribution < -0.4 is 0 Å². The second-order valence-corrected chi connectivity index (χ2v) is 4.02. The molecule has 0 radical (unpaired) electrons. The Morgan fingerprint density at radius 1 is 1.69 bits per heavy atom. The molecule has 1 aromatic rings. The van der Waals surface area contributed by atoms with Gasteiger partial charge in [-0.15, -0.1) is 0 Å². The lowest BCUT2D eigenvalue weighted by Crippen LogP contribution is -2.02. The number of hydrogen-bond acceptors (Lipinski definition) is 2. The predicted octanol–water partition coefficient (Wildman–Crippen LogP) is 1.01. The van der Waals surface area contributed by atoms with Gasteiger partial charge in [0.25, 0.3) is 0 Å². The van der Waals surface area contributed by atoms with Crippen LogP contribution in [0.15, 0.2) is 0 Å². The molecular formula is C9H10N2O2. The van der Waals surface area contributed by atoms with Gasteiger partial charge in [-0.2, -0.15) is 5.10 Å². The van der Waals surface area contributed by atoms with E-state index in [9.17, 15) is 4.79 Å². The van der Waals surface area contributed by atoms with Crippen molar-refractivity contribution >= 4 is 5.97 Å². The number of aromatic amines is 1. The van der Waals surface area contributed by atoms with Crippen LogP contribution >= 0.6 is 0 Å². The molecule has 0 bridgehead atoms. The van der Waals surface area contributed by atoms with Crippen molar-refractivity contribution in [2.45, 2.75) is 19.3 Å². The third-order valence-corrected chi connectivity index (χ3v) is 3.44. The molecule has 1 heterocycles. The maximum absolute atomic E-state index is 10.7. The number of aromatic nitrogens is 2. The molecule has 1 saturated carbocycles. The first-order chi connectivity index (χ1) is 6.20. The van der Waals surface area contributed by atoms with Crippen LogP contribution in [0.4, 0.5) is 0 Å². The molecule has 1 fully saturated rings. The largest absolute Gasteiger partial charge is 0.476 e. The smallest absolute Gasteiger partial charge is 0.356 e. The first-order valence-electron chi connectivity index (χ1n) is 4.50. The minimum atomic E-state index is -0.911. The van der Waals surface area contributed by atoms with E-state index in [-0.39, 0.29) is 5.69 Å². The minimum Gasteiger partial charge on any atom is -0.476 e. The van der Waals surface area contributed by atoms with Gasteiger partial charge in [-0.25, -0.2) is 4.79 Å². The third-order valence-electron chi connectivity index (χ3n) is 3.44. The summed E-state index contributed by atoms with van der Waals surface area (Å²) in [6.45, 7) is 2.21. The first kappa shape index (κ1) is 7.12. The summed E-state index contributed by atoms with van der Waals surface area (Å²) in [4.78, 5) is 10.7. The van der Waals surface area contributed by atoms with Crippen molar-refractivity contribution < 1.29 is 9.90 Å². The quantitative estimate of drug-likeness (QED) is 0.674. The number of nitrogens with zero attached hydrogens (tertiary/aromatic N) is 1. The van der Waals surface area contributed by atoms with E-state index in [0.29, 0.717) is 11.8 Å². The summed E-state index contributed by atoms with van der Waals surface area (Å²) in [5.74, 6) is 1.05. The van der Waals surface area contributed by atoms with Gasteiger partial charge in [-0.1, -0.05) is 6.92 Å². The summed E-state index contributed by atoms with van der Waals surface area (Å²) in [7, 11) is 0. The van der Waals surface area contributed by atoms with E-state index in [4.69, 9.17) is 5.11 Å². The van der Waals surface area contributed by atoms with Crippen LogP contribution in [-0.4, -0.2) is 21.3 Å². The van der Waals surface area contributed by atoms with E-state index in [1.54, 1.807) is 0 Å². The topological polar surface area (TPSA) is 66.0 Å². The number of hydrogen-bond donors (Lipinski definition) is 2. The lowest BCUT2D eigenvalue weighted by atomic mass is 10.1. The normalized spacial score (nSPS) is 34.1. The number of nitrogens with one attached hydrogen (secondary N) is 1. The number of aromatic carboxylic acids is 1. The number of H-pyrrole nitrogens is 1. The Balaban J connectivity index is 2.08. The van der Waals surface area contributed by atoms with Gasteiger partial charge in [-0.05, 0) is 18.3 Å². The van der Waals surface area contributed by atoms with Crippen molar-refractivity contribution in [2.24, 2.45) is 11.8 Å². The van der Waals surface area contributed by atoms with Crippen molar-refractivity contribution in [3.63, 3.8) is 0 Å². The van der Waals surface area contributed by atoms with Gasteiger partial charge in [-0.3, -0.25) is 5.10 Å². The zero-order chi connectivity index (χ0) is 9.16. The lowest BCUT2D eigenvalue weighted by molar-refractivity contribution is 0.0689. The van der Waals surface area contributed by atoms with E-state index in [2.05, 4.69) is 17.1 Å². The fourth-order valence-corrected chi connectivity index (χ4v) is 2.61. The zero-order valence-electron chi connectivity index (χ0n) is 7.24. The van der Waals surface area contributed by atoms with Crippen LogP contribution in [0.5, 0.6) is 0 Å². The Hall–Kier alpha value is -1.32. The van der Waals surface area contributed by atoms with E-state index in [1.807, 2.05) is 0 Å². The number of carboxylic acids is 1. The Morgan fingerprint density at radius 3 is 3.15 bits per heavy atom. The monoisotopic (exact) mass is 178 g/mol. The fraction of sp³-hybridized carbons (Fsp3) is 0.556. The molecule has 0 saturated heterocycles. The van der Waals surface area contributed by atoms with E-state index in [1.165, 1.54) is 0 Å². The molecule has 68 valence electrons. The first-order valence-corrected chi connectivity index (χ1v) is 4.50. The maximum atomic E-state index is 10.7. The Labute approximate surface area is 75.0 Å². The fourth-order valence-electron chi connectivity index (χ4n) is 2.61. The van der Waals surface area contributed by atoms with Gasteiger partial charge in [0.05, 0.1) is 0 Å². The second-order valence-electron chi connectivity index (χ2n) is 4.02. The molecule has 2 N–H and O–H groups in total.